The summed E-state index contributed by atoms with van der Waals surface area (Å²) in [6.07, 6.45) is -3.10. The molecule has 1 aromatic rings. The number of carboxylic acids is 1. The minimum atomic E-state index is -4.41. The summed E-state index contributed by atoms with van der Waals surface area (Å²) in [4.78, 5) is 12.8. The van der Waals surface area contributed by atoms with Gasteiger partial charge in [-0.1, -0.05) is 11.6 Å². The van der Waals surface area contributed by atoms with E-state index in [1.165, 1.54) is 6.07 Å². The van der Waals surface area contributed by atoms with Crippen LogP contribution in [0.2, 0.25) is 5.02 Å². The molecule has 1 aromatic carbocycles. The Hall–Kier alpha value is -1.27. The van der Waals surface area contributed by atoms with E-state index in [0.717, 1.165) is 12.1 Å². The third kappa shape index (κ3) is 4.11. The fourth-order valence-corrected chi connectivity index (χ4v) is 2.69. The first-order valence-corrected chi connectivity index (χ1v) is 6.96. The van der Waals surface area contributed by atoms with Gasteiger partial charge in [0.15, 0.2) is 0 Å². The quantitative estimate of drug-likeness (QED) is 0.923. The van der Waals surface area contributed by atoms with E-state index in [0.29, 0.717) is 31.5 Å². The molecular formula is C14H15ClF3NO2. The Bertz CT molecular complexity index is 533. The molecule has 1 saturated heterocycles. The van der Waals surface area contributed by atoms with Crippen LogP contribution in [0.5, 0.6) is 0 Å². The summed E-state index contributed by atoms with van der Waals surface area (Å²) in [6.45, 7) is 1.23. The van der Waals surface area contributed by atoms with E-state index in [-0.39, 0.29) is 11.6 Å². The van der Waals surface area contributed by atoms with Crippen LogP contribution < -0.4 is 0 Å². The first kappa shape index (κ1) is 16.1. The second kappa shape index (κ2) is 6.23. The summed E-state index contributed by atoms with van der Waals surface area (Å²) in [6, 6.07) is 3.22. The minimum absolute atomic E-state index is 0.229. The van der Waals surface area contributed by atoms with Crippen molar-refractivity contribution in [3.05, 3.63) is 34.3 Å². The number of likely N-dealkylation sites (tertiary alicyclic amines) is 1. The lowest BCUT2D eigenvalue weighted by atomic mass is 9.97. The molecule has 0 saturated carbocycles. The molecule has 0 amide bonds. The number of alkyl halides is 3. The molecule has 1 N–H and O–H groups in total. The first-order chi connectivity index (χ1) is 9.77. The zero-order valence-corrected chi connectivity index (χ0v) is 11.9. The SMILES string of the molecule is O=C(O)C1CCCN(Cc2cc(C(F)(F)F)ccc2Cl)C1. The maximum absolute atomic E-state index is 12.7. The summed E-state index contributed by atoms with van der Waals surface area (Å²) in [5.74, 6) is -1.34. The number of halogens is 4. The third-order valence-electron chi connectivity index (χ3n) is 3.62. The van der Waals surface area contributed by atoms with Gasteiger partial charge in [0.05, 0.1) is 11.5 Å². The number of nitrogens with zero attached hydrogens (tertiary/aromatic N) is 1. The predicted molar refractivity (Wildman–Crippen MR) is 72.1 cm³/mol. The van der Waals surface area contributed by atoms with Crippen molar-refractivity contribution in [2.45, 2.75) is 25.6 Å². The number of hydrogen-bond acceptors (Lipinski definition) is 2. The topological polar surface area (TPSA) is 40.5 Å². The van der Waals surface area contributed by atoms with Crippen molar-refractivity contribution in [2.24, 2.45) is 5.92 Å². The molecule has 0 radical (unpaired) electrons. The van der Waals surface area contributed by atoms with Gasteiger partial charge in [0.1, 0.15) is 0 Å². The van der Waals surface area contributed by atoms with Crippen LogP contribution in [0.1, 0.15) is 24.0 Å². The summed E-state index contributed by atoms with van der Waals surface area (Å²) in [5, 5.41) is 9.29. The van der Waals surface area contributed by atoms with Gasteiger partial charge in [-0.2, -0.15) is 13.2 Å². The highest BCUT2D eigenvalue weighted by Crippen LogP contribution is 2.32. The van der Waals surface area contributed by atoms with E-state index in [9.17, 15) is 18.0 Å². The molecule has 1 heterocycles. The van der Waals surface area contributed by atoms with Gasteiger partial charge in [-0.3, -0.25) is 9.69 Å². The molecular weight excluding hydrogens is 307 g/mol. The highest BCUT2D eigenvalue weighted by molar-refractivity contribution is 6.31. The van der Waals surface area contributed by atoms with E-state index in [2.05, 4.69) is 0 Å². The van der Waals surface area contributed by atoms with E-state index < -0.39 is 23.6 Å². The fraction of sp³-hybridized carbons (Fsp3) is 0.500. The van der Waals surface area contributed by atoms with E-state index in [1.807, 2.05) is 4.90 Å². The number of carboxylic acid groups (broad SMARTS) is 1. The van der Waals surface area contributed by atoms with Crippen LogP contribution in [0.25, 0.3) is 0 Å². The van der Waals surface area contributed by atoms with Crippen LogP contribution in [-0.4, -0.2) is 29.1 Å². The monoisotopic (exact) mass is 321 g/mol. The first-order valence-electron chi connectivity index (χ1n) is 6.58. The molecule has 116 valence electrons. The Morgan fingerprint density at radius 1 is 1.43 bits per heavy atom. The van der Waals surface area contributed by atoms with Gasteiger partial charge in [-0.25, -0.2) is 0 Å². The van der Waals surface area contributed by atoms with Crippen molar-refractivity contribution in [1.82, 2.24) is 4.90 Å². The average Bonchev–Trinajstić information content (AvgIpc) is 2.40. The summed E-state index contributed by atoms with van der Waals surface area (Å²) < 4.78 is 38.1. The van der Waals surface area contributed by atoms with Crippen LogP contribution in [-0.2, 0) is 17.5 Å². The van der Waals surface area contributed by atoms with Crippen molar-refractivity contribution in [3.63, 3.8) is 0 Å². The van der Waals surface area contributed by atoms with Crippen molar-refractivity contribution in [3.8, 4) is 0 Å². The summed E-state index contributed by atoms with van der Waals surface area (Å²) in [5.41, 5.74) is -0.369. The van der Waals surface area contributed by atoms with Crippen LogP contribution in [0.4, 0.5) is 13.2 Å². The molecule has 3 nitrogen and oxygen atoms in total. The maximum atomic E-state index is 12.7. The smallest absolute Gasteiger partial charge is 0.416 e. The highest BCUT2D eigenvalue weighted by atomic mass is 35.5. The van der Waals surface area contributed by atoms with Gasteiger partial charge in [0, 0.05) is 18.1 Å². The molecule has 1 aliphatic heterocycles. The zero-order valence-electron chi connectivity index (χ0n) is 11.2. The van der Waals surface area contributed by atoms with Crippen molar-refractivity contribution in [1.29, 1.82) is 0 Å². The number of rotatable bonds is 3. The molecule has 0 bridgehead atoms. The summed E-state index contributed by atoms with van der Waals surface area (Å²) >= 11 is 5.95. The molecule has 1 unspecified atom stereocenters. The predicted octanol–water partition coefficient (Wildman–Crippen LogP) is 3.66. The van der Waals surface area contributed by atoms with Crippen molar-refractivity contribution >= 4 is 17.6 Å². The maximum Gasteiger partial charge on any atom is 0.416 e. The molecule has 2 rings (SSSR count). The summed E-state index contributed by atoms with van der Waals surface area (Å²) in [7, 11) is 0. The molecule has 0 aliphatic carbocycles. The third-order valence-corrected chi connectivity index (χ3v) is 3.99. The number of piperidine rings is 1. The lowest BCUT2D eigenvalue weighted by Gasteiger charge is -2.31. The Labute approximate surface area is 125 Å². The lowest BCUT2D eigenvalue weighted by molar-refractivity contribution is -0.143. The molecule has 21 heavy (non-hydrogen) atoms. The van der Waals surface area contributed by atoms with Gasteiger partial charge in [-0.05, 0) is 43.1 Å². The van der Waals surface area contributed by atoms with E-state index >= 15 is 0 Å². The minimum Gasteiger partial charge on any atom is -0.481 e. The van der Waals surface area contributed by atoms with Crippen molar-refractivity contribution < 1.29 is 23.1 Å². The number of aliphatic carboxylic acids is 1. The van der Waals surface area contributed by atoms with Crippen LogP contribution >= 0.6 is 11.6 Å². The van der Waals surface area contributed by atoms with Gasteiger partial charge in [0.25, 0.3) is 0 Å². The normalized spacial score (nSPS) is 20.5. The Morgan fingerprint density at radius 3 is 2.76 bits per heavy atom. The van der Waals surface area contributed by atoms with E-state index in [4.69, 9.17) is 16.7 Å². The average molecular weight is 322 g/mol. The zero-order chi connectivity index (χ0) is 15.6. The Balaban J connectivity index is 2.13. The molecule has 0 aromatic heterocycles. The van der Waals surface area contributed by atoms with Crippen LogP contribution in [0.15, 0.2) is 18.2 Å². The van der Waals surface area contributed by atoms with Gasteiger partial charge in [-0.15, -0.1) is 0 Å². The second-order valence-electron chi connectivity index (χ2n) is 5.22. The molecule has 1 fully saturated rings. The number of carbonyl (C=O) groups is 1. The van der Waals surface area contributed by atoms with Gasteiger partial charge >= 0.3 is 12.1 Å². The molecule has 1 atom stereocenters. The lowest BCUT2D eigenvalue weighted by Crippen LogP contribution is -2.38. The Morgan fingerprint density at radius 2 is 2.14 bits per heavy atom. The fourth-order valence-electron chi connectivity index (χ4n) is 2.51. The van der Waals surface area contributed by atoms with Gasteiger partial charge in [0.2, 0.25) is 0 Å². The molecule has 7 heteroatoms. The van der Waals surface area contributed by atoms with Crippen LogP contribution in [0.3, 0.4) is 0 Å². The van der Waals surface area contributed by atoms with Crippen LogP contribution in [0, 0.1) is 5.92 Å². The largest absolute Gasteiger partial charge is 0.481 e. The Kier molecular flexibility index (Phi) is 4.78. The second-order valence-corrected chi connectivity index (χ2v) is 5.62. The molecule has 1 aliphatic rings. The molecule has 0 spiro atoms. The van der Waals surface area contributed by atoms with E-state index in [1.54, 1.807) is 0 Å². The van der Waals surface area contributed by atoms with Crippen molar-refractivity contribution in [2.75, 3.05) is 13.1 Å². The standard InChI is InChI=1S/C14H15ClF3NO2/c15-12-4-3-11(14(16,17)18)6-10(12)8-19-5-1-2-9(7-19)13(20)21/h3-4,6,9H,1-2,5,7-8H2,(H,20,21). The number of benzene rings is 1. The van der Waals surface area contributed by atoms with Gasteiger partial charge < -0.3 is 5.11 Å². The number of hydrogen-bond donors (Lipinski definition) is 1. The highest BCUT2D eigenvalue weighted by Gasteiger charge is 2.31.